The van der Waals surface area contributed by atoms with E-state index < -0.39 is 0 Å². The number of rotatable bonds is 7. The van der Waals surface area contributed by atoms with Gasteiger partial charge < -0.3 is 15.4 Å². The molecule has 22 heavy (non-hydrogen) atoms. The first-order valence-corrected chi connectivity index (χ1v) is 8.02. The summed E-state index contributed by atoms with van der Waals surface area (Å²) in [7, 11) is 1.65. The molecule has 124 valence electrons. The molecule has 8 heteroatoms. The van der Waals surface area contributed by atoms with Crippen molar-refractivity contribution in [2.45, 2.75) is 33.2 Å². The summed E-state index contributed by atoms with van der Waals surface area (Å²) in [4.78, 5) is 20.8. The normalized spacial score (nSPS) is 12.9. The molecule has 0 aliphatic carbocycles. The van der Waals surface area contributed by atoms with Crippen LogP contribution in [0.3, 0.4) is 0 Å². The third kappa shape index (κ3) is 5.25. The number of aromatic nitrogens is 1. The van der Waals surface area contributed by atoms with Crippen LogP contribution in [0.2, 0.25) is 0 Å². The van der Waals surface area contributed by atoms with E-state index in [-0.39, 0.29) is 18.7 Å². The molecular weight excluding hydrogens is 307 g/mol. The first-order chi connectivity index (χ1) is 10.5. The van der Waals surface area contributed by atoms with E-state index in [0.29, 0.717) is 36.1 Å². The zero-order valence-corrected chi connectivity index (χ0v) is 14.2. The van der Waals surface area contributed by atoms with E-state index in [1.165, 1.54) is 11.3 Å². The molecule has 0 spiro atoms. The van der Waals surface area contributed by atoms with Gasteiger partial charge in [0, 0.05) is 13.6 Å². The fourth-order valence-corrected chi connectivity index (χ4v) is 2.69. The molecule has 6 nitrogen and oxygen atoms in total. The number of carbonyl (C=O) groups is 1. The van der Waals surface area contributed by atoms with Gasteiger partial charge in [-0.3, -0.25) is 9.38 Å². The fourth-order valence-electron chi connectivity index (χ4n) is 1.72. The highest BCUT2D eigenvalue weighted by molar-refractivity contribution is 7.13. The summed E-state index contributed by atoms with van der Waals surface area (Å²) >= 11 is 1.31. The van der Waals surface area contributed by atoms with Gasteiger partial charge in [-0.1, -0.05) is 0 Å². The summed E-state index contributed by atoms with van der Waals surface area (Å²) in [6.45, 7) is 5.96. The van der Waals surface area contributed by atoms with Gasteiger partial charge in [-0.25, -0.2) is 9.78 Å². The first kappa shape index (κ1) is 18.3. The molecule has 0 radical (unpaired) electrons. The molecule has 1 aromatic rings. The predicted octanol–water partition coefficient (Wildman–Crippen LogP) is 2.21. The van der Waals surface area contributed by atoms with Crippen molar-refractivity contribution in [3.05, 3.63) is 15.6 Å². The van der Waals surface area contributed by atoms with Crippen LogP contribution in [0.15, 0.2) is 4.99 Å². The minimum Gasteiger partial charge on any atom is -0.462 e. The van der Waals surface area contributed by atoms with Gasteiger partial charge in [0.2, 0.25) is 0 Å². The van der Waals surface area contributed by atoms with E-state index in [0.717, 1.165) is 5.01 Å². The number of hydrogen-bond acceptors (Lipinski definition) is 5. The molecule has 0 bridgehead atoms. The molecule has 0 aliphatic rings. The fraction of sp³-hybridized carbons (Fsp3) is 0.643. The van der Waals surface area contributed by atoms with Crippen LogP contribution < -0.4 is 10.6 Å². The smallest absolute Gasteiger partial charge is 0.350 e. The quantitative estimate of drug-likeness (QED) is 0.347. The van der Waals surface area contributed by atoms with Crippen LogP contribution in [0, 0.1) is 6.92 Å². The van der Waals surface area contributed by atoms with Gasteiger partial charge in [-0.05, 0) is 27.2 Å². The molecule has 1 unspecified atom stereocenters. The second kappa shape index (κ2) is 9.34. The molecule has 1 aromatic heterocycles. The largest absolute Gasteiger partial charge is 0.462 e. The molecule has 1 heterocycles. The number of alkyl halides is 1. The van der Waals surface area contributed by atoms with Crippen molar-refractivity contribution in [1.29, 1.82) is 0 Å². The van der Waals surface area contributed by atoms with Crippen LogP contribution in [0.25, 0.3) is 0 Å². The Balaban J connectivity index is 2.71. The molecule has 0 amide bonds. The molecule has 0 saturated heterocycles. The third-order valence-corrected chi connectivity index (χ3v) is 4.14. The summed E-state index contributed by atoms with van der Waals surface area (Å²) in [5.74, 6) is 0.230. The topological polar surface area (TPSA) is 75.6 Å². The maximum atomic E-state index is 12.1. The Kier molecular flexibility index (Phi) is 7.79. The number of hydrogen-bond donors (Lipinski definition) is 2. The maximum absolute atomic E-state index is 12.1. The predicted molar refractivity (Wildman–Crippen MR) is 86.3 cm³/mol. The number of ether oxygens (including phenoxy) is 1. The number of thiazole rings is 1. The summed E-state index contributed by atoms with van der Waals surface area (Å²) in [6, 6.07) is -0.122. The van der Waals surface area contributed by atoms with E-state index in [1.54, 1.807) is 20.9 Å². The number of aryl methyl sites for hydroxylation is 1. The highest BCUT2D eigenvalue weighted by atomic mass is 32.1. The molecule has 0 aromatic carbocycles. The van der Waals surface area contributed by atoms with Gasteiger partial charge in [-0.2, -0.15) is 0 Å². The Labute approximate surface area is 134 Å². The first-order valence-electron chi connectivity index (χ1n) is 7.21. The molecule has 0 aliphatic heterocycles. The lowest BCUT2D eigenvalue weighted by molar-refractivity contribution is 0.0531. The van der Waals surface area contributed by atoms with E-state index in [9.17, 15) is 9.18 Å². The zero-order valence-electron chi connectivity index (χ0n) is 13.4. The summed E-state index contributed by atoms with van der Waals surface area (Å²) in [6.07, 6.45) is 0.429. The summed E-state index contributed by atoms with van der Waals surface area (Å²) in [5.41, 5.74) is 0.660. The Morgan fingerprint density at radius 3 is 2.86 bits per heavy atom. The lowest BCUT2D eigenvalue weighted by atomic mass is 10.3. The summed E-state index contributed by atoms with van der Waals surface area (Å²) < 4.78 is 17.1. The molecule has 0 fully saturated rings. The molecule has 0 saturated carbocycles. The van der Waals surface area contributed by atoms with Gasteiger partial charge in [0.25, 0.3) is 0 Å². The minimum atomic E-state index is -0.367. The number of esters is 1. The molecule has 2 N–H and O–H groups in total. The van der Waals surface area contributed by atoms with Crippen LogP contribution >= 0.6 is 11.3 Å². The number of guanidine groups is 1. The van der Waals surface area contributed by atoms with Gasteiger partial charge in [0.15, 0.2) is 5.96 Å². The standard InChI is InChI=1S/C14H23FN4O2S/c1-5-21-13(20)11-9(2)18-12(22-11)10(3)19-14(16-4)17-8-6-7-15/h10H,5-8H2,1-4H3,(H2,16,17,19). The van der Waals surface area contributed by atoms with Gasteiger partial charge in [0.1, 0.15) is 9.88 Å². The SMILES string of the molecule is CCOC(=O)c1sc(C(C)NC(=NC)NCCCF)nc1C. The molecule has 1 rings (SSSR count). The Hall–Kier alpha value is -1.70. The zero-order chi connectivity index (χ0) is 16.5. The summed E-state index contributed by atoms with van der Waals surface area (Å²) in [5, 5.41) is 6.96. The lowest BCUT2D eigenvalue weighted by Gasteiger charge is -2.15. The van der Waals surface area contributed by atoms with Crippen LogP contribution in [0.1, 0.15) is 46.7 Å². The van der Waals surface area contributed by atoms with Crippen LogP contribution in [-0.4, -0.2) is 43.8 Å². The number of halogens is 1. The van der Waals surface area contributed by atoms with Crippen LogP contribution in [0.5, 0.6) is 0 Å². The highest BCUT2D eigenvalue weighted by Gasteiger charge is 2.19. The monoisotopic (exact) mass is 330 g/mol. The Bertz CT molecular complexity index is 519. The van der Waals surface area contributed by atoms with Crippen molar-refractivity contribution < 1.29 is 13.9 Å². The minimum absolute atomic E-state index is 0.122. The third-order valence-electron chi connectivity index (χ3n) is 2.82. The second-order valence-electron chi connectivity index (χ2n) is 4.59. The number of nitrogens with one attached hydrogen (secondary N) is 2. The van der Waals surface area contributed by atoms with Crippen molar-refractivity contribution in [3.63, 3.8) is 0 Å². The Morgan fingerprint density at radius 2 is 2.27 bits per heavy atom. The van der Waals surface area contributed by atoms with Crippen molar-refractivity contribution in [1.82, 2.24) is 15.6 Å². The number of carbonyl (C=O) groups excluding carboxylic acids is 1. The van der Waals surface area contributed by atoms with Crippen molar-refractivity contribution in [3.8, 4) is 0 Å². The van der Waals surface area contributed by atoms with E-state index in [1.807, 2.05) is 6.92 Å². The maximum Gasteiger partial charge on any atom is 0.350 e. The van der Waals surface area contributed by atoms with Crippen LogP contribution in [-0.2, 0) is 4.74 Å². The highest BCUT2D eigenvalue weighted by Crippen LogP contribution is 2.24. The average Bonchev–Trinajstić information content (AvgIpc) is 2.88. The Morgan fingerprint density at radius 1 is 1.55 bits per heavy atom. The van der Waals surface area contributed by atoms with Crippen LogP contribution in [0.4, 0.5) is 4.39 Å². The second-order valence-corrected chi connectivity index (χ2v) is 5.63. The van der Waals surface area contributed by atoms with Gasteiger partial charge in [0.05, 0.1) is 25.0 Å². The van der Waals surface area contributed by atoms with Gasteiger partial charge >= 0.3 is 5.97 Å². The van der Waals surface area contributed by atoms with Crippen molar-refractivity contribution >= 4 is 23.3 Å². The van der Waals surface area contributed by atoms with E-state index >= 15 is 0 Å². The number of nitrogens with zero attached hydrogens (tertiary/aromatic N) is 2. The number of aliphatic imine (C=N–C) groups is 1. The molecule has 1 atom stereocenters. The van der Waals surface area contributed by atoms with Gasteiger partial charge in [-0.15, -0.1) is 11.3 Å². The van der Waals surface area contributed by atoms with Crippen molar-refractivity contribution in [2.24, 2.45) is 4.99 Å². The van der Waals surface area contributed by atoms with E-state index in [2.05, 4.69) is 20.6 Å². The molecular formula is C14H23FN4O2S. The lowest BCUT2D eigenvalue weighted by Crippen LogP contribution is -2.39. The van der Waals surface area contributed by atoms with E-state index in [4.69, 9.17) is 4.74 Å². The van der Waals surface area contributed by atoms with Crippen molar-refractivity contribution in [2.75, 3.05) is 26.9 Å². The average molecular weight is 330 g/mol.